The van der Waals surface area contributed by atoms with E-state index in [2.05, 4.69) is 25.7 Å². The van der Waals surface area contributed by atoms with E-state index in [1.165, 1.54) is 5.57 Å². The molecule has 4 heteroatoms. The van der Waals surface area contributed by atoms with Crippen molar-refractivity contribution in [3.63, 3.8) is 0 Å². The molecule has 2 unspecified atom stereocenters. The Balaban J connectivity index is 1.85. The molecule has 3 rings (SSSR count). The van der Waals surface area contributed by atoms with Crippen LogP contribution in [0.5, 0.6) is 0 Å². The van der Waals surface area contributed by atoms with Crippen LogP contribution in [0.3, 0.4) is 0 Å². The molecular formula is C19H22ClNO2. The summed E-state index contributed by atoms with van der Waals surface area (Å²) >= 11 is 5.99. The van der Waals surface area contributed by atoms with E-state index in [4.69, 9.17) is 16.0 Å². The Morgan fingerprint density at radius 1 is 1.48 bits per heavy atom. The van der Waals surface area contributed by atoms with Crippen molar-refractivity contribution in [3.8, 4) is 0 Å². The van der Waals surface area contributed by atoms with Gasteiger partial charge in [-0.15, -0.1) is 0 Å². The van der Waals surface area contributed by atoms with Crippen LogP contribution in [0.25, 0.3) is 11.0 Å². The van der Waals surface area contributed by atoms with Crippen LogP contribution in [0.4, 0.5) is 0 Å². The summed E-state index contributed by atoms with van der Waals surface area (Å²) in [5, 5.41) is 4.68. The Morgan fingerprint density at radius 2 is 2.26 bits per heavy atom. The Labute approximate surface area is 141 Å². The molecule has 1 aromatic heterocycles. The molecule has 0 spiro atoms. The lowest BCUT2D eigenvalue weighted by molar-refractivity contribution is 0.0837. The average Bonchev–Trinajstić information content (AvgIpc) is 2.89. The minimum absolute atomic E-state index is 0.166. The first-order chi connectivity index (χ1) is 10.9. The summed E-state index contributed by atoms with van der Waals surface area (Å²) in [4.78, 5) is 12.7. The maximum atomic E-state index is 12.7. The van der Waals surface area contributed by atoms with Crippen molar-refractivity contribution in [2.45, 2.75) is 45.1 Å². The van der Waals surface area contributed by atoms with Crippen molar-refractivity contribution in [1.29, 1.82) is 0 Å². The summed E-state index contributed by atoms with van der Waals surface area (Å²) in [6.07, 6.45) is 3.74. The second-order valence-corrected chi connectivity index (χ2v) is 7.26. The van der Waals surface area contributed by atoms with Crippen molar-refractivity contribution >= 4 is 28.5 Å². The van der Waals surface area contributed by atoms with Gasteiger partial charge in [-0.05, 0) is 55.9 Å². The van der Waals surface area contributed by atoms with Gasteiger partial charge in [0.05, 0.1) is 0 Å². The second-order valence-electron chi connectivity index (χ2n) is 6.82. The van der Waals surface area contributed by atoms with Gasteiger partial charge in [0.2, 0.25) is 0 Å². The zero-order chi connectivity index (χ0) is 16.6. The van der Waals surface area contributed by atoms with E-state index in [9.17, 15) is 4.79 Å². The maximum Gasteiger partial charge on any atom is 0.287 e. The molecule has 1 fully saturated rings. The van der Waals surface area contributed by atoms with Crippen LogP contribution < -0.4 is 5.32 Å². The van der Waals surface area contributed by atoms with Gasteiger partial charge in [0.15, 0.2) is 5.76 Å². The van der Waals surface area contributed by atoms with Gasteiger partial charge in [0, 0.05) is 15.9 Å². The van der Waals surface area contributed by atoms with Crippen molar-refractivity contribution < 1.29 is 9.21 Å². The molecule has 0 aliphatic heterocycles. The highest BCUT2D eigenvalue weighted by Gasteiger charge is 2.36. The average molecular weight is 332 g/mol. The van der Waals surface area contributed by atoms with Gasteiger partial charge in [-0.2, -0.15) is 0 Å². The van der Waals surface area contributed by atoms with Gasteiger partial charge < -0.3 is 9.73 Å². The molecular weight excluding hydrogens is 310 g/mol. The third kappa shape index (κ3) is 3.30. The quantitative estimate of drug-likeness (QED) is 0.771. The number of hydrogen-bond donors (Lipinski definition) is 1. The van der Waals surface area contributed by atoms with Crippen LogP contribution in [-0.4, -0.2) is 11.4 Å². The van der Waals surface area contributed by atoms with E-state index in [0.29, 0.717) is 22.3 Å². The van der Waals surface area contributed by atoms with Crippen LogP contribution in [0, 0.1) is 5.92 Å². The molecule has 23 heavy (non-hydrogen) atoms. The minimum atomic E-state index is -0.220. The molecule has 0 bridgehead atoms. The molecule has 1 amide bonds. The maximum absolute atomic E-state index is 12.7. The highest BCUT2D eigenvalue weighted by molar-refractivity contribution is 6.31. The van der Waals surface area contributed by atoms with Gasteiger partial charge in [-0.1, -0.05) is 37.6 Å². The van der Waals surface area contributed by atoms with Gasteiger partial charge >= 0.3 is 0 Å². The van der Waals surface area contributed by atoms with Crippen molar-refractivity contribution in [2.24, 2.45) is 5.92 Å². The topological polar surface area (TPSA) is 42.2 Å². The number of carbonyl (C=O) groups is 1. The SMILES string of the molecule is C=C1CC(C)CC(CC)(NC(=O)c2cc3cc(Cl)ccc3o2)C1. The van der Waals surface area contributed by atoms with Crippen LogP contribution in [-0.2, 0) is 0 Å². The number of carbonyl (C=O) groups excluding carboxylic acids is 1. The summed E-state index contributed by atoms with van der Waals surface area (Å²) < 4.78 is 5.68. The highest BCUT2D eigenvalue weighted by atomic mass is 35.5. The Hall–Kier alpha value is -1.74. The fraction of sp³-hybridized carbons (Fsp3) is 0.421. The number of furan rings is 1. The van der Waals surface area contributed by atoms with Crippen molar-refractivity contribution in [3.05, 3.63) is 47.2 Å². The Morgan fingerprint density at radius 3 is 2.96 bits per heavy atom. The summed E-state index contributed by atoms with van der Waals surface area (Å²) in [5.41, 5.74) is 1.66. The largest absolute Gasteiger partial charge is 0.451 e. The number of fused-ring (bicyclic) bond motifs is 1. The lowest BCUT2D eigenvalue weighted by Crippen LogP contribution is -2.51. The number of benzene rings is 1. The molecule has 3 nitrogen and oxygen atoms in total. The molecule has 0 saturated heterocycles. The molecule has 122 valence electrons. The normalized spacial score (nSPS) is 24.8. The van der Waals surface area contributed by atoms with E-state index in [-0.39, 0.29) is 11.4 Å². The van der Waals surface area contributed by atoms with Crippen LogP contribution >= 0.6 is 11.6 Å². The zero-order valence-corrected chi connectivity index (χ0v) is 14.4. The number of halogens is 1. The van der Waals surface area contributed by atoms with Gasteiger partial charge in [-0.3, -0.25) is 4.79 Å². The third-order valence-electron chi connectivity index (χ3n) is 4.72. The minimum Gasteiger partial charge on any atom is -0.451 e. The predicted octanol–water partition coefficient (Wildman–Crippen LogP) is 5.34. The summed E-state index contributed by atoms with van der Waals surface area (Å²) in [6.45, 7) is 8.47. The second kappa shape index (κ2) is 6.04. The summed E-state index contributed by atoms with van der Waals surface area (Å²) in [6, 6.07) is 7.10. The van der Waals surface area contributed by atoms with E-state index in [0.717, 1.165) is 31.1 Å². The molecule has 2 atom stereocenters. The Kier molecular flexibility index (Phi) is 4.24. The molecule has 1 heterocycles. The lowest BCUT2D eigenvalue weighted by Gasteiger charge is -2.41. The third-order valence-corrected chi connectivity index (χ3v) is 4.96. The number of rotatable bonds is 3. The van der Waals surface area contributed by atoms with Crippen LogP contribution in [0.1, 0.15) is 50.1 Å². The first-order valence-electron chi connectivity index (χ1n) is 8.09. The van der Waals surface area contributed by atoms with Crippen LogP contribution in [0.2, 0.25) is 5.02 Å². The lowest BCUT2D eigenvalue weighted by atomic mass is 9.73. The van der Waals surface area contributed by atoms with Crippen molar-refractivity contribution in [2.75, 3.05) is 0 Å². The standard InChI is InChI=1S/C19H22ClNO2/c1-4-19(10-12(2)7-13(3)11-19)21-18(22)17-9-14-8-15(20)5-6-16(14)23-17/h5-6,8-9,13H,2,4,7,10-11H2,1,3H3,(H,21,22). The van der Waals surface area contributed by atoms with Gasteiger partial charge in [-0.25, -0.2) is 0 Å². The smallest absolute Gasteiger partial charge is 0.287 e. The van der Waals surface area contributed by atoms with E-state index < -0.39 is 0 Å². The fourth-order valence-electron chi connectivity index (χ4n) is 3.74. The molecule has 0 radical (unpaired) electrons. The zero-order valence-electron chi connectivity index (χ0n) is 13.6. The first-order valence-corrected chi connectivity index (χ1v) is 8.47. The number of nitrogens with one attached hydrogen (secondary N) is 1. The molecule has 1 aromatic carbocycles. The van der Waals surface area contributed by atoms with Crippen molar-refractivity contribution in [1.82, 2.24) is 5.32 Å². The number of hydrogen-bond acceptors (Lipinski definition) is 2. The summed E-state index contributed by atoms with van der Waals surface area (Å²) in [5.74, 6) is 0.700. The number of amides is 1. The molecule has 1 N–H and O–H groups in total. The molecule has 1 aliphatic rings. The summed E-state index contributed by atoms with van der Waals surface area (Å²) in [7, 11) is 0. The molecule has 1 saturated carbocycles. The van der Waals surface area contributed by atoms with E-state index in [1.54, 1.807) is 24.3 Å². The first kappa shape index (κ1) is 16.1. The van der Waals surface area contributed by atoms with Gasteiger partial charge in [0.25, 0.3) is 5.91 Å². The van der Waals surface area contributed by atoms with Crippen LogP contribution in [0.15, 0.2) is 40.8 Å². The fourth-order valence-corrected chi connectivity index (χ4v) is 3.92. The molecule has 2 aromatic rings. The monoisotopic (exact) mass is 331 g/mol. The molecule has 1 aliphatic carbocycles. The van der Waals surface area contributed by atoms with E-state index in [1.807, 2.05) is 0 Å². The van der Waals surface area contributed by atoms with Gasteiger partial charge in [0.1, 0.15) is 5.58 Å². The highest BCUT2D eigenvalue weighted by Crippen LogP contribution is 2.37. The predicted molar refractivity (Wildman–Crippen MR) is 93.9 cm³/mol. The Bertz CT molecular complexity index is 764. The van der Waals surface area contributed by atoms with E-state index >= 15 is 0 Å².